The van der Waals surface area contributed by atoms with Crippen LogP contribution in [-0.4, -0.2) is 20.2 Å². The minimum Gasteiger partial charge on any atom is -0.372 e. The van der Waals surface area contributed by atoms with Gasteiger partial charge in [0.15, 0.2) is 0 Å². The van der Waals surface area contributed by atoms with Crippen molar-refractivity contribution in [3.05, 3.63) is 59.2 Å². The fraction of sp³-hybridized carbons (Fsp3) is 0.294. The molecule has 0 saturated carbocycles. The molecule has 1 aliphatic rings. The van der Waals surface area contributed by atoms with Crippen LogP contribution in [0, 0.1) is 11.6 Å². The lowest BCUT2D eigenvalue weighted by atomic mass is 9.89. The molecular weight excluding hydrogens is 272 g/mol. The van der Waals surface area contributed by atoms with E-state index < -0.39 is 11.6 Å². The maximum atomic E-state index is 14.1. The molecular formula is C17H17F2NO. The van der Waals surface area contributed by atoms with Crippen LogP contribution < -0.4 is 5.32 Å². The molecule has 0 fully saturated rings. The summed E-state index contributed by atoms with van der Waals surface area (Å²) in [4.78, 5) is 0. The van der Waals surface area contributed by atoms with E-state index in [4.69, 9.17) is 4.74 Å². The van der Waals surface area contributed by atoms with Crippen molar-refractivity contribution in [3.63, 3.8) is 0 Å². The second-order valence-electron chi connectivity index (χ2n) is 5.16. The minimum atomic E-state index is -0.558. The summed E-state index contributed by atoms with van der Waals surface area (Å²) in [7, 11) is 1.88. The van der Waals surface area contributed by atoms with E-state index in [1.54, 1.807) is 0 Å². The summed E-state index contributed by atoms with van der Waals surface area (Å²) in [6.07, 6.45) is 0.713. The number of likely N-dealkylation sites (N-methyl/N-ethyl adjacent to an activating group) is 1. The highest BCUT2D eigenvalue weighted by atomic mass is 19.1. The van der Waals surface area contributed by atoms with Gasteiger partial charge in [-0.3, -0.25) is 0 Å². The van der Waals surface area contributed by atoms with Crippen LogP contribution >= 0.6 is 0 Å². The summed E-state index contributed by atoms with van der Waals surface area (Å²) >= 11 is 0. The Labute approximate surface area is 122 Å². The molecule has 21 heavy (non-hydrogen) atoms. The van der Waals surface area contributed by atoms with Crippen molar-refractivity contribution in [3.8, 4) is 11.1 Å². The lowest BCUT2D eigenvalue weighted by molar-refractivity contribution is 0.0440. The molecule has 0 radical (unpaired) electrons. The predicted octanol–water partition coefficient (Wildman–Crippen LogP) is 3.47. The molecule has 4 heteroatoms. The third-order valence-corrected chi connectivity index (χ3v) is 3.84. The van der Waals surface area contributed by atoms with Gasteiger partial charge in [0.1, 0.15) is 11.6 Å². The first kappa shape index (κ1) is 14.2. The van der Waals surface area contributed by atoms with Crippen LogP contribution in [0.2, 0.25) is 0 Å². The summed E-state index contributed by atoms with van der Waals surface area (Å²) in [5.74, 6) is -1.09. The van der Waals surface area contributed by atoms with Gasteiger partial charge in [0, 0.05) is 18.2 Å². The molecule has 1 heterocycles. The molecule has 0 saturated heterocycles. The fourth-order valence-corrected chi connectivity index (χ4v) is 2.89. The summed E-state index contributed by atoms with van der Waals surface area (Å²) in [6.45, 7) is 1.32. The van der Waals surface area contributed by atoms with E-state index in [1.165, 1.54) is 12.1 Å². The topological polar surface area (TPSA) is 21.3 Å². The second kappa shape index (κ2) is 5.92. The number of nitrogens with one attached hydrogen (secondary N) is 1. The van der Waals surface area contributed by atoms with Gasteiger partial charge in [0.25, 0.3) is 0 Å². The van der Waals surface area contributed by atoms with E-state index >= 15 is 0 Å². The third kappa shape index (κ3) is 2.69. The number of benzene rings is 2. The normalized spacial score (nSPS) is 17.6. The highest BCUT2D eigenvalue weighted by Crippen LogP contribution is 2.35. The highest BCUT2D eigenvalue weighted by molar-refractivity contribution is 5.70. The lowest BCUT2D eigenvalue weighted by Crippen LogP contribution is -2.25. The first-order chi connectivity index (χ1) is 10.2. The van der Waals surface area contributed by atoms with Gasteiger partial charge in [-0.25, -0.2) is 8.78 Å². The van der Waals surface area contributed by atoms with Gasteiger partial charge >= 0.3 is 0 Å². The average Bonchev–Trinajstić information content (AvgIpc) is 2.48. The number of hydrogen-bond donors (Lipinski definition) is 1. The molecule has 110 valence electrons. The number of halogens is 2. The van der Waals surface area contributed by atoms with E-state index in [9.17, 15) is 8.78 Å². The molecule has 0 aromatic heterocycles. The van der Waals surface area contributed by atoms with E-state index in [1.807, 2.05) is 25.2 Å². The molecule has 2 aromatic rings. The molecule has 1 aliphatic heterocycles. The molecule has 1 atom stereocenters. The molecule has 1 N–H and O–H groups in total. The molecule has 0 spiro atoms. The molecule has 0 amide bonds. The molecule has 3 rings (SSSR count). The maximum absolute atomic E-state index is 14.1. The van der Waals surface area contributed by atoms with Crippen molar-refractivity contribution in [1.29, 1.82) is 0 Å². The van der Waals surface area contributed by atoms with Crippen LogP contribution in [0.5, 0.6) is 0 Å². The zero-order chi connectivity index (χ0) is 14.8. The molecule has 2 aromatic carbocycles. The number of rotatable bonds is 3. The van der Waals surface area contributed by atoms with Gasteiger partial charge in [-0.05, 0) is 42.3 Å². The van der Waals surface area contributed by atoms with Crippen molar-refractivity contribution in [2.24, 2.45) is 0 Å². The van der Waals surface area contributed by atoms with Crippen molar-refractivity contribution >= 4 is 0 Å². The Hall–Kier alpha value is -1.78. The molecule has 2 nitrogen and oxygen atoms in total. The van der Waals surface area contributed by atoms with E-state index in [0.717, 1.165) is 29.2 Å². The van der Waals surface area contributed by atoms with Crippen molar-refractivity contribution in [2.75, 3.05) is 20.2 Å². The SMILES string of the molecule is CNC[C@H]1OCCc2c(-c3ccc(F)cc3F)cccc21. The summed E-state index contributed by atoms with van der Waals surface area (Å²) in [5.41, 5.74) is 3.44. The summed E-state index contributed by atoms with van der Waals surface area (Å²) in [6, 6.07) is 9.52. The van der Waals surface area contributed by atoms with Gasteiger partial charge in [0.2, 0.25) is 0 Å². The Morgan fingerprint density at radius 2 is 2.05 bits per heavy atom. The smallest absolute Gasteiger partial charge is 0.133 e. The van der Waals surface area contributed by atoms with E-state index in [2.05, 4.69) is 5.32 Å². The molecule has 0 aliphatic carbocycles. The largest absolute Gasteiger partial charge is 0.372 e. The van der Waals surface area contributed by atoms with Crippen LogP contribution in [0.4, 0.5) is 8.78 Å². The van der Waals surface area contributed by atoms with Gasteiger partial charge in [0.05, 0.1) is 12.7 Å². The molecule has 0 unspecified atom stereocenters. The quantitative estimate of drug-likeness (QED) is 0.934. The predicted molar refractivity (Wildman–Crippen MR) is 78.1 cm³/mol. The zero-order valence-corrected chi connectivity index (χ0v) is 11.8. The Balaban J connectivity index is 2.10. The Morgan fingerprint density at radius 3 is 2.81 bits per heavy atom. The Bertz CT molecular complexity index is 657. The minimum absolute atomic E-state index is 0.0257. The third-order valence-electron chi connectivity index (χ3n) is 3.84. The summed E-state index contributed by atoms with van der Waals surface area (Å²) in [5, 5.41) is 3.11. The van der Waals surface area contributed by atoms with E-state index in [-0.39, 0.29) is 6.10 Å². The average molecular weight is 289 g/mol. The van der Waals surface area contributed by atoms with Crippen LogP contribution in [0.1, 0.15) is 17.2 Å². The number of fused-ring (bicyclic) bond motifs is 1. The monoisotopic (exact) mass is 289 g/mol. The standard InChI is InChI=1S/C17H17F2NO/c1-20-10-17-15-4-2-3-12(13(15)7-8-21-17)14-6-5-11(18)9-16(14)19/h2-6,9,17,20H,7-8,10H2,1H3/t17-/m1/s1. The lowest BCUT2D eigenvalue weighted by Gasteiger charge is -2.28. The van der Waals surface area contributed by atoms with Crippen LogP contribution in [-0.2, 0) is 11.2 Å². The van der Waals surface area contributed by atoms with Crippen LogP contribution in [0.25, 0.3) is 11.1 Å². The first-order valence-electron chi connectivity index (χ1n) is 7.04. The zero-order valence-electron chi connectivity index (χ0n) is 11.8. The second-order valence-corrected chi connectivity index (χ2v) is 5.16. The van der Waals surface area contributed by atoms with E-state index in [0.29, 0.717) is 18.7 Å². The molecule has 0 bridgehead atoms. The Morgan fingerprint density at radius 1 is 1.19 bits per heavy atom. The van der Waals surface area contributed by atoms with Crippen LogP contribution in [0.3, 0.4) is 0 Å². The highest BCUT2D eigenvalue weighted by Gasteiger charge is 2.23. The van der Waals surface area contributed by atoms with Gasteiger partial charge in [-0.1, -0.05) is 18.2 Å². The van der Waals surface area contributed by atoms with Gasteiger partial charge in [-0.2, -0.15) is 0 Å². The van der Waals surface area contributed by atoms with Crippen molar-refractivity contribution < 1.29 is 13.5 Å². The number of ether oxygens (including phenoxy) is 1. The van der Waals surface area contributed by atoms with Gasteiger partial charge < -0.3 is 10.1 Å². The first-order valence-corrected chi connectivity index (χ1v) is 7.04. The van der Waals surface area contributed by atoms with Crippen molar-refractivity contribution in [1.82, 2.24) is 5.32 Å². The van der Waals surface area contributed by atoms with Crippen molar-refractivity contribution in [2.45, 2.75) is 12.5 Å². The Kier molecular flexibility index (Phi) is 3.99. The fourth-order valence-electron chi connectivity index (χ4n) is 2.89. The number of hydrogen-bond acceptors (Lipinski definition) is 2. The maximum Gasteiger partial charge on any atom is 0.133 e. The summed E-state index contributed by atoms with van der Waals surface area (Å²) < 4.78 is 32.9. The van der Waals surface area contributed by atoms with Crippen LogP contribution in [0.15, 0.2) is 36.4 Å². The van der Waals surface area contributed by atoms with Gasteiger partial charge in [-0.15, -0.1) is 0 Å².